The summed E-state index contributed by atoms with van der Waals surface area (Å²) in [5, 5.41) is 13.6. The highest BCUT2D eigenvalue weighted by Crippen LogP contribution is 2.39. The molecule has 0 bridgehead atoms. The first-order chi connectivity index (χ1) is 19.5. The number of aliphatic hydroxyl groups excluding tert-OH is 1. The highest BCUT2D eigenvalue weighted by atomic mass is 28.4. The van der Waals surface area contributed by atoms with Gasteiger partial charge in [-0.2, -0.15) is 0 Å². The lowest BCUT2D eigenvalue weighted by molar-refractivity contribution is -0.289. The topological polar surface area (TPSA) is 65.0 Å². The van der Waals surface area contributed by atoms with E-state index >= 15 is 0 Å². The summed E-state index contributed by atoms with van der Waals surface area (Å²) >= 11 is 0. The van der Waals surface area contributed by atoms with Crippen LogP contribution in [0, 0.1) is 11.3 Å². The van der Waals surface area contributed by atoms with Crippen LogP contribution in [0.25, 0.3) is 0 Å². The number of rotatable bonds is 12. The van der Waals surface area contributed by atoms with E-state index in [4.69, 9.17) is 13.9 Å². The van der Waals surface area contributed by atoms with Gasteiger partial charge in [0.15, 0.2) is 5.79 Å². The maximum absolute atomic E-state index is 13.6. The zero-order valence-electron chi connectivity index (χ0n) is 27.6. The van der Waals surface area contributed by atoms with Crippen LogP contribution in [0.5, 0.6) is 0 Å². The molecule has 232 valence electrons. The van der Waals surface area contributed by atoms with Crippen LogP contribution in [0.2, 0.25) is 5.04 Å². The molecule has 0 aliphatic carbocycles. The molecule has 1 heterocycles. The molecule has 0 amide bonds. The molecule has 1 N–H and O–H groups in total. The highest BCUT2D eigenvalue weighted by Gasteiger charge is 2.51. The molecule has 2 unspecified atom stereocenters. The number of allylic oxidation sites excluding steroid dienone is 1. The lowest BCUT2D eigenvalue weighted by Gasteiger charge is -2.44. The zero-order chi connectivity index (χ0) is 31.3. The third kappa shape index (κ3) is 7.70. The summed E-state index contributed by atoms with van der Waals surface area (Å²) < 4.78 is 19.0. The van der Waals surface area contributed by atoms with Crippen molar-refractivity contribution in [3.05, 3.63) is 72.3 Å². The third-order valence-electron chi connectivity index (χ3n) is 8.88. The fourth-order valence-corrected chi connectivity index (χ4v) is 11.1. The van der Waals surface area contributed by atoms with Gasteiger partial charge in [-0.15, -0.1) is 0 Å². The Labute approximate surface area is 255 Å². The predicted molar refractivity (Wildman–Crippen MR) is 175 cm³/mol. The SMILES string of the molecule is C/C(=C\CCC(C)O[Si](c1ccccc1)(c1ccccc1)C(C)(C)C)C(O)[C@@H](C)C(=O)C(C)(C)[C@@H]1CCOC(C)(C)O1. The van der Waals surface area contributed by atoms with Crippen molar-refractivity contribution in [2.24, 2.45) is 11.3 Å². The van der Waals surface area contributed by atoms with Crippen LogP contribution < -0.4 is 10.4 Å². The summed E-state index contributed by atoms with van der Waals surface area (Å²) in [5.41, 5.74) is 0.0809. The average Bonchev–Trinajstić information content (AvgIpc) is 2.94. The molecule has 1 saturated heterocycles. The monoisotopic (exact) mass is 594 g/mol. The Morgan fingerprint density at radius 1 is 1.02 bits per heavy atom. The number of ketones is 1. The van der Waals surface area contributed by atoms with E-state index in [-0.39, 0.29) is 23.0 Å². The van der Waals surface area contributed by atoms with Gasteiger partial charge in [0.1, 0.15) is 5.78 Å². The standard InChI is InChI=1S/C36H54O5Si/c1-26(32(37)28(3)33(38)35(7,8)31-24-25-39-36(9,10)40-31)18-17-19-27(2)41-42(34(4,5)6,29-20-13-11-14-21-29)30-22-15-12-16-23-30/h11-16,18,20-23,27-28,31-32,37H,17,19,24-25H2,1-10H3/b26-18+/t27?,28-,31+,32?/m1/s1. The number of carbonyl (C=O) groups excluding carboxylic acids is 1. The summed E-state index contributed by atoms with van der Waals surface area (Å²) in [5.74, 6) is -1.25. The van der Waals surface area contributed by atoms with Gasteiger partial charge >= 0.3 is 0 Å². The molecule has 0 spiro atoms. The minimum Gasteiger partial charge on any atom is -0.405 e. The summed E-state index contributed by atoms with van der Waals surface area (Å²) in [6.07, 6.45) is 3.19. The molecule has 1 fully saturated rings. The zero-order valence-corrected chi connectivity index (χ0v) is 28.6. The van der Waals surface area contributed by atoms with Crippen molar-refractivity contribution in [3.8, 4) is 0 Å². The molecule has 4 atom stereocenters. The quantitative estimate of drug-likeness (QED) is 0.216. The van der Waals surface area contributed by atoms with Crippen molar-refractivity contribution in [3.63, 3.8) is 0 Å². The van der Waals surface area contributed by atoms with Crippen molar-refractivity contribution in [2.45, 2.75) is 118 Å². The van der Waals surface area contributed by atoms with E-state index in [1.807, 2.05) is 41.5 Å². The van der Waals surface area contributed by atoms with Crippen LogP contribution >= 0.6 is 0 Å². The molecule has 0 radical (unpaired) electrons. The van der Waals surface area contributed by atoms with Gasteiger partial charge < -0.3 is 19.0 Å². The van der Waals surface area contributed by atoms with Gasteiger partial charge in [-0.1, -0.05) is 108 Å². The number of carbonyl (C=O) groups is 1. The predicted octanol–water partition coefficient (Wildman–Crippen LogP) is 6.81. The van der Waals surface area contributed by atoms with Crippen molar-refractivity contribution in [1.29, 1.82) is 0 Å². The Hall–Kier alpha value is -2.09. The maximum atomic E-state index is 13.6. The lowest BCUT2D eigenvalue weighted by Crippen LogP contribution is -2.67. The number of benzene rings is 2. The third-order valence-corrected chi connectivity index (χ3v) is 14.0. The first-order valence-electron chi connectivity index (χ1n) is 15.5. The second kappa shape index (κ2) is 13.7. The van der Waals surface area contributed by atoms with E-state index in [9.17, 15) is 9.90 Å². The van der Waals surface area contributed by atoms with Gasteiger partial charge in [0.2, 0.25) is 0 Å². The number of ether oxygens (including phenoxy) is 2. The molecule has 1 aliphatic heterocycles. The number of Topliss-reactive ketones (excluding diaryl/α,β-unsaturated/α-hetero) is 1. The molecule has 2 aromatic carbocycles. The average molecular weight is 595 g/mol. The maximum Gasteiger partial charge on any atom is 0.261 e. The van der Waals surface area contributed by atoms with Crippen LogP contribution in [-0.4, -0.2) is 49.9 Å². The Kier molecular flexibility index (Phi) is 11.2. The minimum atomic E-state index is -2.63. The summed E-state index contributed by atoms with van der Waals surface area (Å²) in [7, 11) is -2.63. The van der Waals surface area contributed by atoms with Crippen molar-refractivity contribution >= 4 is 24.5 Å². The van der Waals surface area contributed by atoms with Crippen molar-refractivity contribution in [1.82, 2.24) is 0 Å². The largest absolute Gasteiger partial charge is 0.405 e. The molecule has 6 heteroatoms. The Balaban J connectivity index is 1.72. The molecule has 0 aromatic heterocycles. The molecule has 42 heavy (non-hydrogen) atoms. The minimum absolute atomic E-state index is 0.00418. The van der Waals surface area contributed by atoms with Gasteiger partial charge in [0.25, 0.3) is 8.32 Å². The van der Waals surface area contributed by atoms with E-state index in [0.717, 1.165) is 18.4 Å². The Bertz CT molecular complexity index is 1140. The Morgan fingerprint density at radius 2 is 1.55 bits per heavy atom. The van der Waals surface area contributed by atoms with Crippen LogP contribution in [0.1, 0.15) is 88.5 Å². The number of hydrogen-bond donors (Lipinski definition) is 1. The summed E-state index contributed by atoms with van der Waals surface area (Å²) in [4.78, 5) is 13.6. The van der Waals surface area contributed by atoms with Gasteiger partial charge in [-0.25, -0.2) is 0 Å². The lowest BCUT2D eigenvalue weighted by atomic mass is 9.73. The molecule has 1 aliphatic rings. The van der Waals surface area contributed by atoms with E-state index < -0.39 is 31.5 Å². The highest BCUT2D eigenvalue weighted by molar-refractivity contribution is 6.99. The van der Waals surface area contributed by atoms with Gasteiger partial charge in [0, 0.05) is 12.0 Å². The van der Waals surface area contributed by atoms with Gasteiger partial charge in [-0.3, -0.25) is 4.79 Å². The number of aliphatic hydroxyl groups is 1. The molecule has 2 aromatic rings. The summed E-state index contributed by atoms with van der Waals surface area (Å²) in [6.45, 7) is 20.9. The van der Waals surface area contributed by atoms with Crippen LogP contribution in [0.4, 0.5) is 0 Å². The van der Waals surface area contributed by atoms with Gasteiger partial charge in [-0.05, 0) is 67.9 Å². The normalized spacial score (nSPS) is 20.5. The molecular weight excluding hydrogens is 540 g/mol. The van der Waals surface area contributed by atoms with E-state index in [1.165, 1.54) is 10.4 Å². The van der Waals surface area contributed by atoms with E-state index in [1.54, 1.807) is 0 Å². The molecular formula is C36H54O5Si. The summed E-state index contributed by atoms with van der Waals surface area (Å²) in [6, 6.07) is 21.4. The second-order valence-corrected chi connectivity index (χ2v) is 18.3. The van der Waals surface area contributed by atoms with E-state index in [2.05, 4.69) is 94.4 Å². The van der Waals surface area contributed by atoms with Gasteiger partial charge in [0.05, 0.1) is 24.2 Å². The van der Waals surface area contributed by atoms with Crippen LogP contribution in [0.3, 0.4) is 0 Å². The fourth-order valence-electron chi connectivity index (χ4n) is 6.36. The van der Waals surface area contributed by atoms with Crippen LogP contribution in [-0.2, 0) is 18.7 Å². The van der Waals surface area contributed by atoms with Crippen molar-refractivity contribution in [2.75, 3.05) is 6.61 Å². The van der Waals surface area contributed by atoms with Crippen LogP contribution in [0.15, 0.2) is 72.3 Å². The molecule has 0 saturated carbocycles. The fraction of sp³-hybridized carbons (Fsp3) is 0.583. The first-order valence-corrected chi connectivity index (χ1v) is 17.4. The Morgan fingerprint density at radius 3 is 2.02 bits per heavy atom. The first kappa shape index (κ1) is 34.4. The smallest absolute Gasteiger partial charge is 0.261 e. The molecule has 3 rings (SSSR count). The number of hydrogen-bond acceptors (Lipinski definition) is 5. The van der Waals surface area contributed by atoms with Crippen molar-refractivity contribution < 1.29 is 23.8 Å². The molecule has 5 nitrogen and oxygen atoms in total. The second-order valence-electron chi connectivity index (χ2n) is 14.1. The van der Waals surface area contributed by atoms with E-state index in [0.29, 0.717) is 13.0 Å².